The van der Waals surface area contributed by atoms with Crippen LogP contribution in [0.25, 0.3) is 0 Å². The molecule has 0 amide bonds. The predicted molar refractivity (Wildman–Crippen MR) is 93.3 cm³/mol. The highest BCUT2D eigenvalue weighted by molar-refractivity contribution is 5.90. The molecule has 0 aromatic rings. The van der Waals surface area contributed by atoms with Gasteiger partial charge in [-0.25, -0.2) is 9.59 Å². The molecule has 0 rings (SSSR count). The Bertz CT molecular complexity index is 347. The lowest BCUT2D eigenvalue weighted by Crippen LogP contribution is -2.18. The Hall–Kier alpha value is -1.32. The summed E-state index contributed by atoms with van der Waals surface area (Å²) in [5.74, 6) is -1.11. The zero-order valence-corrected chi connectivity index (χ0v) is 15.1. The molecule has 0 spiro atoms. The minimum atomic E-state index is -1.13. The van der Waals surface area contributed by atoms with Crippen LogP contribution in [0.2, 0.25) is 0 Å². The second-order valence-corrected chi connectivity index (χ2v) is 6.61. The van der Waals surface area contributed by atoms with Crippen molar-refractivity contribution in [3.05, 3.63) is 12.2 Å². The molecular weight excluding hydrogens is 292 g/mol. The third-order valence-corrected chi connectivity index (χ3v) is 3.84. The van der Waals surface area contributed by atoms with Crippen molar-refractivity contribution < 1.29 is 19.4 Å². The zero-order chi connectivity index (χ0) is 17.5. The van der Waals surface area contributed by atoms with Crippen LogP contribution < -0.4 is 0 Å². The number of unbranched alkanes of at least 4 members (excludes halogenated alkanes) is 6. The normalized spacial score (nSPS) is 12.7. The van der Waals surface area contributed by atoms with Crippen molar-refractivity contribution in [3.8, 4) is 0 Å². The molecular formula is C19H34O4. The number of carbonyl (C=O) groups is 2. The fourth-order valence-electron chi connectivity index (χ4n) is 2.45. The van der Waals surface area contributed by atoms with Gasteiger partial charge in [0.05, 0.1) is 0 Å². The van der Waals surface area contributed by atoms with Gasteiger partial charge in [-0.15, -0.1) is 0 Å². The molecule has 0 aliphatic carbocycles. The van der Waals surface area contributed by atoms with Crippen molar-refractivity contribution in [1.82, 2.24) is 0 Å². The van der Waals surface area contributed by atoms with E-state index in [0.717, 1.165) is 37.8 Å². The Labute approximate surface area is 141 Å². The highest BCUT2D eigenvalue weighted by Crippen LogP contribution is 2.17. The summed E-state index contributed by atoms with van der Waals surface area (Å²) in [4.78, 5) is 22.1. The summed E-state index contributed by atoms with van der Waals surface area (Å²) in [6.07, 6.45) is 13.1. The summed E-state index contributed by atoms with van der Waals surface area (Å²) in [5.41, 5.74) is 0. The largest absolute Gasteiger partial charge is 0.478 e. The number of hydrogen-bond acceptors (Lipinski definition) is 3. The maximum atomic E-state index is 11.6. The smallest absolute Gasteiger partial charge is 0.331 e. The van der Waals surface area contributed by atoms with Crippen LogP contribution in [-0.2, 0) is 14.3 Å². The molecule has 1 unspecified atom stereocenters. The van der Waals surface area contributed by atoms with Gasteiger partial charge in [0, 0.05) is 12.2 Å². The molecule has 0 saturated carbocycles. The Kier molecular flexibility index (Phi) is 13.5. The number of hydrogen-bond donors (Lipinski definition) is 1. The van der Waals surface area contributed by atoms with Gasteiger partial charge in [-0.2, -0.15) is 0 Å². The van der Waals surface area contributed by atoms with Crippen LogP contribution >= 0.6 is 0 Å². The summed E-state index contributed by atoms with van der Waals surface area (Å²) in [7, 11) is 0. The molecule has 0 aliphatic rings. The van der Waals surface area contributed by atoms with Crippen LogP contribution in [0, 0.1) is 5.92 Å². The van der Waals surface area contributed by atoms with Gasteiger partial charge in [0.25, 0.3) is 0 Å². The molecule has 4 heteroatoms. The quantitative estimate of drug-likeness (QED) is 0.273. The summed E-state index contributed by atoms with van der Waals surface area (Å²) in [6, 6.07) is 0. The van der Waals surface area contributed by atoms with Crippen molar-refractivity contribution >= 4 is 11.9 Å². The molecule has 23 heavy (non-hydrogen) atoms. The molecule has 0 saturated heterocycles. The number of ether oxygens (including phenoxy) is 1. The molecule has 1 atom stereocenters. The first-order chi connectivity index (χ1) is 11.0. The lowest BCUT2D eigenvalue weighted by atomic mass is 10.00. The molecule has 0 aromatic carbocycles. The first kappa shape index (κ1) is 21.7. The molecule has 0 heterocycles. The Morgan fingerprint density at radius 3 is 2.09 bits per heavy atom. The van der Waals surface area contributed by atoms with Gasteiger partial charge in [0.15, 0.2) is 0 Å². The average molecular weight is 326 g/mol. The van der Waals surface area contributed by atoms with Gasteiger partial charge in [-0.3, -0.25) is 0 Å². The number of carboxylic acid groups (broad SMARTS) is 1. The number of esters is 1. The SMILES string of the molecule is CCCCCCCCCC(CCC(C)C)OC(=O)/C=C\C(=O)O. The molecule has 134 valence electrons. The van der Waals surface area contributed by atoms with E-state index in [2.05, 4.69) is 20.8 Å². The Balaban J connectivity index is 4.08. The Morgan fingerprint density at radius 2 is 1.52 bits per heavy atom. The van der Waals surface area contributed by atoms with Gasteiger partial charge < -0.3 is 9.84 Å². The van der Waals surface area contributed by atoms with Crippen molar-refractivity contribution in [2.24, 2.45) is 5.92 Å². The monoisotopic (exact) mass is 326 g/mol. The van der Waals surface area contributed by atoms with Gasteiger partial charge in [0.1, 0.15) is 6.10 Å². The molecule has 0 fully saturated rings. The standard InChI is InChI=1S/C19H34O4/c1-4-5-6-7-8-9-10-11-17(13-12-16(2)3)23-19(22)15-14-18(20)21/h14-17H,4-13H2,1-3H3,(H,20,21)/b15-14-. The molecule has 0 aliphatic heterocycles. The maximum Gasteiger partial charge on any atom is 0.331 e. The maximum absolute atomic E-state index is 11.6. The van der Waals surface area contributed by atoms with E-state index in [1.54, 1.807) is 0 Å². The summed E-state index contributed by atoms with van der Waals surface area (Å²) < 4.78 is 5.41. The summed E-state index contributed by atoms with van der Waals surface area (Å²) in [5, 5.41) is 8.54. The third-order valence-electron chi connectivity index (χ3n) is 3.84. The van der Waals surface area contributed by atoms with E-state index in [4.69, 9.17) is 9.84 Å². The predicted octanol–water partition coefficient (Wildman–Crippen LogP) is 5.12. The first-order valence-corrected chi connectivity index (χ1v) is 9.07. The van der Waals surface area contributed by atoms with Gasteiger partial charge in [0.2, 0.25) is 0 Å². The van der Waals surface area contributed by atoms with E-state index >= 15 is 0 Å². The van der Waals surface area contributed by atoms with E-state index in [-0.39, 0.29) is 6.10 Å². The fourth-order valence-corrected chi connectivity index (χ4v) is 2.45. The second-order valence-electron chi connectivity index (χ2n) is 6.61. The third kappa shape index (κ3) is 15.4. The minimum Gasteiger partial charge on any atom is -0.478 e. The molecule has 1 N–H and O–H groups in total. The topological polar surface area (TPSA) is 63.6 Å². The van der Waals surface area contributed by atoms with Gasteiger partial charge in [-0.1, -0.05) is 59.3 Å². The highest BCUT2D eigenvalue weighted by atomic mass is 16.5. The van der Waals surface area contributed by atoms with E-state index in [1.165, 1.54) is 38.5 Å². The molecule has 0 radical (unpaired) electrons. The summed E-state index contributed by atoms with van der Waals surface area (Å²) in [6.45, 7) is 6.51. The lowest BCUT2D eigenvalue weighted by molar-refractivity contribution is -0.144. The molecule has 0 aromatic heterocycles. The number of rotatable bonds is 14. The zero-order valence-electron chi connectivity index (χ0n) is 15.1. The van der Waals surface area contributed by atoms with Crippen LogP contribution in [0.5, 0.6) is 0 Å². The van der Waals surface area contributed by atoms with Gasteiger partial charge >= 0.3 is 11.9 Å². The van der Waals surface area contributed by atoms with E-state index in [9.17, 15) is 9.59 Å². The van der Waals surface area contributed by atoms with Crippen molar-refractivity contribution in [3.63, 3.8) is 0 Å². The first-order valence-electron chi connectivity index (χ1n) is 9.07. The number of aliphatic carboxylic acids is 1. The Morgan fingerprint density at radius 1 is 0.913 bits per heavy atom. The van der Waals surface area contributed by atoms with Gasteiger partial charge in [-0.05, 0) is 31.6 Å². The minimum absolute atomic E-state index is 0.0982. The number of carbonyl (C=O) groups excluding carboxylic acids is 1. The molecule has 4 nitrogen and oxygen atoms in total. The fraction of sp³-hybridized carbons (Fsp3) is 0.789. The highest BCUT2D eigenvalue weighted by Gasteiger charge is 2.13. The van der Waals surface area contributed by atoms with E-state index in [0.29, 0.717) is 5.92 Å². The van der Waals surface area contributed by atoms with Crippen LogP contribution in [0.15, 0.2) is 12.2 Å². The average Bonchev–Trinajstić information content (AvgIpc) is 2.49. The summed E-state index contributed by atoms with van der Waals surface area (Å²) >= 11 is 0. The van der Waals surface area contributed by atoms with Crippen LogP contribution in [0.3, 0.4) is 0 Å². The molecule has 0 bridgehead atoms. The van der Waals surface area contributed by atoms with Crippen molar-refractivity contribution in [2.75, 3.05) is 0 Å². The number of carboxylic acids is 1. The van der Waals surface area contributed by atoms with Crippen molar-refractivity contribution in [1.29, 1.82) is 0 Å². The van der Waals surface area contributed by atoms with Crippen LogP contribution in [0.4, 0.5) is 0 Å². The van der Waals surface area contributed by atoms with E-state index < -0.39 is 11.9 Å². The van der Waals surface area contributed by atoms with Crippen molar-refractivity contribution in [2.45, 2.75) is 91.1 Å². The van der Waals surface area contributed by atoms with Crippen LogP contribution in [0.1, 0.15) is 85.0 Å². The second kappa shape index (κ2) is 14.3. The van der Waals surface area contributed by atoms with Crippen LogP contribution in [-0.4, -0.2) is 23.1 Å². The lowest BCUT2D eigenvalue weighted by Gasteiger charge is -2.18. The van der Waals surface area contributed by atoms with E-state index in [1.807, 2.05) is 0 Å².